The van der Waals surface area contributed by atoms with Gasteiger partial charge >= 0.3 is 0 Å². The maximum absolute atomic E-state index is 5.43. The minimum atomic E-state index is -1.16. The van der Waals surface area contributed by atoms with Crippen molar-refractivity contribution in [3.05, 3.63) is 0 Å². The molecule has 0 N–H and O–H groups in total. The molecule has 0 atom stereocenters. The Labute approximate surface area is 70.0 Å². The maximum atomic E-state index is 5.43. The van der Waals surface area contributed by atoms with Crippen LogP contribution in [-0.4, -0.2) is 11.5 Å². The lowest BCUT2D eigenvalue weighted by Gasteiger charge is -2.15. The van der Waals surface area contributed by atoms with Crippen LogP contribution in [0.25, 0.3) is 0 Å². The van der Waals surface area contributed by atoms with Gasteiger partial charge in [-0.25, -0.2) is 4.44 Å². The number of rotatable bonds is 2. The molecular formula is CH3Cl4NP2. The van der Waals surface area contributed by atoms with E-state index < -0.39 is 13.6 Å². The van der Waals surface area contributed by atoms with Crippen LogP contribution in [0.4, 0.5) is 0 Å². The fourth-order valence-corrected chi connectivity index (χ4v) is 4.14. The van der Waals surface area contributed by atoms with Crippen molar-refractivity contribution >= 4 is 58.5 Å². The second kappa shape index (κ2) is 4.74. The van der Waals surface area contributed by atoms with Crippen LogP contribution < -0.4 is 0 Å². The third kappa shape index (κ3) is 3.90. The lowest BCUT2D eigenvalue weighted by atomic mass is 11.6. The summed E-state index contributed by atoms with van der Waals surface area (Å²) in [5.41, 5.74) is 0. The number of nitrogens with zero attached hydrogens (tertiary/aromatic N) is 1. The van der Waals surface area contributed by atoms with Crippen LogP contribution in [0.15, 0.2) is 0 Å². The highest BCUT2D eigenvalue weighted by Gasteiger charge is 2.14. The molecule has 0 aromatic rings. The van der Waals surface area contributed by atoms with E-state index in [1.807, 2.05) is 0 Å². The average Bonchev–Trinajstić information content (AvgIpc) is 1.64. The van der Waals surface area contributed by atoms with Gasteiger partial charge in [-0.1, -0.05) is 45.0 Å². The van der Waals surface area contributed by atoms with E-state index in [1.54, 1.807) is 7.05 Å². The summed E-state index contributed by atoms with van der Waals surface area (Å²) in [5, 5.41) is 0. The van der Waals surface area contributed by atoms with Crippen molar-refractivity contribution in [1.29, 1.82) is 0 Å². The van der Waals surface area contributed by atoms with E-state index >= 15 is 0 Å². The quantitative estimate of drug-likeness (QED) is 0.641. The summed E-state index contributed by atoms with van der Waals surface area (Å²) in [7, 11) is 1.68. The molecule has 0 spiro atoms. The highest BCUT2D eigenvalue weighted by atomic mass is 35.9. The van der Waals surface area contributed by atoms with Crippen LogP contribution in [0.3, 0.4) is 0 Å². The summed E-state index contributed by atoms with van der Waals surface area (Å²) in [4.78, 5) is 0. The van der Waals surface area contributed by atoms with E-state index in [-0.39, 0.29) is 0 Å². The molecule has 7 heteroatoms. The summed E-state index contributed by atoms with van der Waals surface area (Å²) in [5.74, 6) is 0. The van der Waals surface area contributed by atoms with Gasteiger partial charge in [0.15, 0.2) is 13.6 Å². The molecule has 0 fully saturated rings. The van der Waals surface area contributed by atoms with Crippen molar-refractivity contribution in [3.63, 3.8) is 0 Å². The SMILES string of the molecule is CN(P(Cl)Cl)P(Cl)Cl. The predicted octanol–water partition coefficient (Wildman–Crippen LogP) is 4.33. The Kier molecular flexibility index (Phi) is 5.92. The summed E-state index contributed by atoms with van der Waals surface area (Å²) in [6.45, 7) is -2.32. The summed E-state index contributed by atoms with van der Waals surface area (Å²) in [6.07, 6.45) is 0. The summed E-state index contributed by atoms with van der Waals surface area (Å²) >= 11 is 21.7. The van der Waals surface area contributed by atoms with Crippen LogP contribution in [0.2, 0.25) is 0 Å². The van der Waals surface area contributed by atoms with E-state index in [0.29, 0.717) is 0 Å². The first-order valence-corrected chi connectivity index (χ1v) is 7.73. The van der Waals surface area contributed by atoms with Crippen molar-refractivity contribution in [1.82, 2.24) is 4.44 Å². The molecule has 0 amide bonds. The Morgan fingerprint density at radius 1 is 1.00 bits per heavy atom. The highest BCUT2D eigenvalue weighted by molar-refractivity contribution is 8.13. The van der Waals surface area contributed by atoms with E-state index in [1.165, 1.54) is 4.44 Å². The highest BCUT2D eigenvalue weighted by Crippen LogP contribution is 2.65. The van der Waals surface area contributed by atoms with Gasteiger partial charge in [0.05, 0.1) is 0 Å². The van der Waals surface area contributed by atoms with Gasteiger partial charge in [0, 0.05) is 0 Å². The number of hydrogen-bond donors (Lipinski definition) is 0. The molecule has 0 rings (SSSR count). The monoisotopic (exact) mass is 231 g/mol. The van der Waals surface area contributed by atoms with E-state index in [0.717, 1.165) is 0 Å². The van der Waals surface area contributed by atoms with Gasteiger partial charge in [0.1, 0.15) is 0 Å². The Morgan fingerprint density at radius 2 is 1.25 bits per heavy atom. The van der Waals surface area contributed by atoms with Gasteiger partial charge in [0.2, 0.25) is 0 Å². The van der Waals surface area contributed by atoms with Crippen LogP contribution in [-0.2, 0) is 0 Å². The normalized spacial score (nSPS) is 12.0. The van der Waals surface area contributed by atoms with Gasteiger partial charge < -0.3 is 0 Å². The lowest BCUT2D eigenvalue weighted by Crippen LogP contribution is -1.91. The number of halogens is 4. The van der Waals surface area contributed by atoms with Crippen molar-refractivity contribution in [3.8, 4) is 0 Å². The Hall–Kier alpha value is 1.98. The minimum Gasteiger partial charge on any atom is -0.212 e. The summed E-state index contributed by atoms with van der Waals surface area (Å²) in [6, 6.07) is 0. The van der Waals surface area contributed by atoms with Crippen molar-refractivity contribution in [2.45, 2.75) is 0 Å². The van der Waals surface area contributed by atoms with Crippen LogP contribution >= 0.6 is 58.5 Å². The molecule has 0 aromatic heterocycles. The van der Waals surface area contributed by atoms with Gasteiger partial charge in [-0.2, -0.15) is 0 Å². The van der Waals surface area contributed by atoms with Crippen molar-refractivity contribution in [2.75, 3.05) is 7.05 Å². The van der Waals surface area contributed by atoms with Gasteiger partial charge in [-0.3, -0.25) is 0 Å². The maximum Gasteiger partial charge on any atom is 0.165 e. The average molecular weight is 233 g/mol. The molecule has 0 bridgehead atoms. The van der Waals surface area contributed by atoms with Crippen molar-refractivity contribution < 1.29 is 0 Å². The molecule has 0 aliphatic carbocycles. The Balaban J connectivity index is 3.46. The molecule has 0 heterocycles. The molecule has 0 aliphatic heterocycles. The van der Waals surface area contributed by atoms with Gasteiger partial charge in [-0.15, -0.1) is 0 Å². The molecular weight excluding hydrogens is 230 g/mol. The van der Waals surface area contributed by atoms with Crippen LogP contribution in [0.1, 0.15) is 0 Å². The minimum absolute atomic E-state index is 1.16. The van der Waals surface area contributed by atoms with Crippen LogP contribution in [0, 0.1) is 0 Å². The van der Waals surface area contributed by atoms with E-state index in [2.05, 4.69) is 0 Å². The second-order valence-electron chi connectivity index (χ2n) is 0.920. The zero-order valence-electron chi connectivity index (χ0n) is 3.85. The second-order valence-corrected chi connectivity index (χ2v) is 8.18. The van der Waals surface area contributed by atoms with Gasteiger partial charge in [-0.05, 0) is 7.05 Å². The standard InChI is InChI=1S/CH3Cl4NP2/c1-6(7(2)3)8(4)5/h1H3. The third-order valence-electron chi connectivity index (χ3n) is 0.438. The first-order valence-electron chi connectivity index (χ1n) is 1.52. The zero-order chi connectivity index (χ0) is 6.73. The fraction of sp³-hybridized carbons (Fsp3) is 1.00. The van der Waals surface area contributed by atoms with E-state index in [9.17, 15) is 0 Å². The molecule has 8 heavy (non-hydrogen) atoms. The van der Waals surface area contributed by atoms with E-state index in [4.69, 9.17) is 45.0 Å². The molecule has 0 radical (unpaired) electrons. The number of hydrogen-bond acceptors (Lipinski definition) is 1. The fourth-order valence-electron chi connectivity index (χ4n) is 0.0511. The predicted molar refractivity (Wildman–Crippen MR) is 45.0 cm³/mol. The molecule has 0 saturated carbocycles. The topological polar surface area (TPSA) is 3.24 Å². The zero-order valence-corrected chi connectivity index (χ0v) is 8.67. The first kappa shape index (κ1) is 9.98. The third-order valence-corrected chi connectivity index (χ3v) is 6.37. The first-order chi connectivity index (χ1) is 3.55. The molecule has 1 nitrogen and oxygen atoms in total. The Bertz CT molecular complexity index is 59.1. The summed E-state index contributed by atoms with van der Waals surface area (Å²) < 4.78 is 1.52. The lowest BCUT2D eigenvalue weighted by molar-refractivity contribution is 0.932. The largest absolute Gasteiger partial charge is 0.212 e. The molecule has 0 aromatic carbocycles. The van der Waals surface area contributed by atoms with Crippen LogP contribution in [0.5, 0.6) is 0 Å². The van der Waals surface area contributed by atoms with Gasteiger partial charge in [0.25, 0.3) is 0 Å². The molecule has 0 saturated heterocycles. The molecule has 0 unspecified atom stereocenters. The molecule has 50 valence electrons. The molecule has 0 aliphatic rings. The smallest absolute Gasteiger partial charge is 0.165 e. The van der Waals surface area contributed by atoms with Crippen molar-refractivity contribution in [2.24, 2.45) is 0 Å². The Morgan fingerprint density at radius 3 is 1.25 bits per heavy atom.